The van der Waals surface area contributed by atoms with Crippen molar-refractivity contribution in [3.05, 3.63) is 42.2 Å². The quantitative estimate of drug-likeness (QED) is 0.812. The van der Waals surface area contributed by atoms with E-state index in [1.54, 1.807) is 18.3 Å². The number of rotatable bonds is 6. The lowest BCUT2D eigenvalue weighted by Gasteiger charge is -2.05. The van der Waals surface area contributed by atoms with Crippen molar-refractivity contribution in [1.29, 1.82) is 0 Å². The Kier molecular flexibility index (Phi) is 4.68. The number of oxazole rings is 1. The summed E-state index contributed by atoms with van der Waals surface area (Å²) in [5.41, 5.74) is 0.843. The molecule has 4 heteroatoms. The van der Waals surface area contributed by atoms with Crippen LogP contribution in [0.3, 0.4) is 0 Å². The molecule has 102 valence electrons. The minimum Gasteiger partial charge on any atom is -0.441 e. The molecule has 1 heterocycles. The van der Waals surface area contributed by atoms with Crippen LogP contribution in [0.2, 0.25) is 0 Å². The number of nitrogens with zero attached hydrogens (tertiary/aromatic N) is 1. The third kappa shape index (κ3) is 4.17. The predicted octanol–water partition coefficient (Wildman–Crippen LogP) is 3.27. The molecule has 19 heavy (non-hydrogen) atoms. The zero-order valence-corrected chi connectivity index (χ0v) is 11.3. The number of aromatic nitrogens is 1. The van der Waals surface area contributed by atoms with Gasteiger partial charge in [-0.2, -0.15) is 0 Å². The molecule has 2 rings (SSSR count). The van der Waals surface area contributed by atoms with Gasteiger partial charge in [-0.3, -0.25) is 0 Å². The van der Waals surface area contributed by atoms with Crippen molar-refractivity contribution in [2.45, 2.75) is 20.3 Å². The molecule has 0 bridgehead atoms. The van der Waals surface area contributed by atoms with Crippen LogP contribution < -0.4 is 5.32 Å². The fraction of sp³-hybridized carbons (Fsp3) is 0.400. The molecule has 0 aliphatic carbocycles. The predicted molar refractivity (Wildman–Crippen MR) is 73.3 cm³/mol. The Hall–Kier alpha value is -1.68. The molecule has 1 aromatic heterocycles. The molecule has 0 fully saturated rings. The Morgan fingerprint density at radius 2 is 2.00 bits per heavy atom. The summed E-state index contributed by atoms with van der Waals surface area (Å²) in [4.78, 5) is 4.23. The summed E-state index contributed by atoms with van der Waals surface area (Å²) in [5, 5.41) is 3.34. The zero-order chi connectivity index (χ0) is 13.7. The van der Waals surface area contributed by atoms with E-state index in [1.165, 1.54) is 12.1 Å². The van der Waals surface area contributed by atoms with Crippen molar-refractivity contribution in [1.82, 2.24) is 10.3 Å². The first-order valence-electron chi connectivity index (χ1n) is 6.56. The van der Waals surface area contributed by atoms with Gasteiger partial charge in [0.05, 0.1) is 6.20 Å². The van der Waals surface area contributed by atoms with Crippen LogP contribution in [-0.2, 0) is 6.42 Å². The fourth-order valence-corrected chi connectivity index (χ4v) is 1.76. The first kappa shape index (κ1) is 13.7. The van der Waals surface area contributed by atoms with Gasteiger partial charge in [0.2, 0.25) is 0 Å². The van der Waals surface area contributed by atoms with Crippen LogP contribution in [-0.4, -0.2) is 18.1 Å². The van der Waals surface area contributed by atoms with Crippen LogP contribution in [0.5, 0.6) is 0 Å². The molecule has 2 aromatic rings. The van der Waals surface area contributed by atoms with E-state index in [0.717, 1.165) is 25.1 Å². The standard InChI is InChI=1S/C15H19FN2O/c1-11(2)9-17-8-7-15-18-10-14(19-15)12-3-5-13(16)6-4-12/h3-6,10-11,17H,7-9H2,1-2H3. The highest BCUT2D eigenvalue weighted by molar-refractivity contribution is 5.55. The summed E-state index contributed by atoms with van der Waals surface area (Å²) in [5.74, 6) is 1.77. The van der Waals surface area contributed by atoms with Gasteiger partial charge in [-0.25, -0.2) is 9.37 Å². The first-order chi connectivity index (χ1) is 9.15. The Balaban J connectivity index is 1.90. The fourth-order valence-electron chi connectivity index (χ4n) is 1.76. The van der Waals surface area contributed by atoms with Gasteiger partial charge in [-0.05, 0) is 36.7 Å². The van der Waals surface area contributed by atoms with Crippen molar-refractivity contribution in [3.63, 3.8) is 0 Å². The lowest BCUT2D eigenvalue weighted by atomic mass is 10.2. The van der Waals surface area contributed by atoms with E-state index in [2.05, 4.69) is 24.1 Å². The van der Waals surface area contributed by atoms with Gasteiger partial charge < -0.3 is 9.73 Å². The van der Waals surface area contributed by atoms with Crippen LogP contribution in [0.4, 0.5) is 4.39 Å². The van der Waals surface area contributed by atoms with Crippen LogP contribution >= 0.6 is 0 Å². The lowest BCUT2D eigenvalue weighted by Crippen LogP contribution is -2.22. The largest absolute Gasteiger partial charge is 0.441 e. The summed E-state index contributed by atoms with van der Waals surface area (Å²) in [6.07, 6.45) is 2.44. The van der Waals surface area contributed by atoms with E-state index >= 15 is 0 Å². The number of nitrogens with one attached hydrogen (secondary N) is 1. The molecule has 0 aliphatic rings. The molecule has 0 radical (unpaired) electrons. The maximum absolute atomic E-state index is 12.8. The highest BCUT2D eigenvalue weighted by Crippen LogP contribution is 2.20. The van der Waals surface area contributed by atoms with Gasteiger partial charge in [0.25, 0.3) is 0 Å². The van der Waals surface area contributed by atoms with Crippen molar-refractivity contribution < 1.29 is 8.81 Å². The van der Waals surface area contributed by atoms with E-state index in [0.29, 0.717) is 17.6 Å². The number of hydrogen-bond acceptors (Lipinski definition) is 3. The Labute approximate surface area is 112 Å². The molecule has 0 saturated carbocycles. The third-order valence-electron chi connectivity index (χ3n) is 2.75. The molecule has 1 aromatic carbocycles. The van der Waals surface area contributed by atoms with Crippen molar-refractivity contribution >= 4 is 0 Å². The molecular formula is C15H19FN2O. The molecule has 0 amide bonds. The van der Waals surface area contributed by atoms with Gasteiger partial charge in [-0.15, -0.1) is 0 Å². The molecular weight excluding hydrogens is 243 g/mol. The number of benzene rings is 1. The van der Waals surface area contributed by atoms with Crippen LogP contribution in [0.15, 0.2) is 34.9 Å². The molecule has 0 spiro atoms. The van der Waals surface area contributed by atoms with Gasteiger partial charge >= 0.3 is 0 Å². The van der Waals surface area contributed by atoms with Crippen molar-refractivity contribution in [2.75, 3.05) is 13.1 Å². The first-order valence-corrected chi connectivity index (χ1v) is 6.56. The molecule has 0 atom stereocenters. The second kappa shape index (κ2) is 6.48. The van der Waals surface area contributed by atoms with Crippen LogP contribution in [0.25, 0.3) is 11.3 Å². The number of hydrogen-bond donors (Lipinski definition) is 1. The molecule has 1 N–H and O–H groups in total. The monoisotopic (exact) mass is 262 g/mol. The molecule has 0 unspecified atom stereocenters. The summed E-state index contributed by atoms with van der Waals surface area (Å²) < 4.78 is 18.5. The highest BCUT2D eigenvalue weighted by Gasteiger charge is 2.06. The second-order valence-corrected chi connectivity index (χ2v) is 4.97. The average molecular weight is 262 g/mol. The highest BCUT2D eigenvalue weighted by atomic mass is 19.1. The maximum Gasteiger partial charge on any atom is 0.196 e. The SMILES string of the molecule is CC(C)CNCCc1ncc(-c2ccc(F)cc2)o1. The summed E-state index contributed by atoms with van der Waals surface area (Å²) >= 11 is 0. The third-order valence-corrected chi connectivity index (χ3v) is 2.75. The van der Waals surface area contributed by atoms with Gasteiger partial charge in [-0.1, -0.05) is 13.8 Å². The topological polar surface area (TPSA) is 38.1 Å². The van der Waals surface area contributed by atoms with Crippen molar-refractivity contribution in [3.8, 4) is 11.3 Å². The average Bonchev–Trinajstić information content (AvgIpc) is 2.84. The van der Waals surface area contributed by atoms with E-state index in [4.69, 9.17) is 4.42 Å². The summed E-state index contributed by atoms with van der Waals surface area (Å²) in [6.45, 7) is 6.18. The Bertz CT molecular complexity index is 505. The Morgan fingerprint density at radius 1 is 1.26 bits per heavy atom. The zero-order valence-electron chi connectivity index (χ0n) is 11.3. The minimum atomic E-state index is -0.249. The molecule has 0 aliphatic heterocycles. The van der Waals surface area contributed by atoms with Crippen LogP contribution in [0.1, 0.15) is 19.7 Å². The Morgan fingerprint density at radius 3 is 2.68 bits per heavy atom. The van der Waals surface area contributed by atoms with Crippen molar-refractivity contribution in [2.24, 2.45) is 5.92 Å². The summed E-state index contributed by atoms with van der Waals surface area (Å²) in [7, 11) is 0. The van der Waals surface area contributed by atoms with Gasteiger partial charge in [0, 0.05) is 18.5 Å². The maximum atomic E-state index is 12.8. The van der Waals surface area contributed by atoms with E-state index in [1.807, 2.05) is 0 Å². The lowest BCUT2D eigenvalue weighted by molar-refractivity contribution is 0.483. The molecule has 3 nitrogen and oxygen atoms in total. The van der Waals surface area contributed by atoms with E-state index < -0.39 is 0 Å². The normalized spacial score (nSPS) is 11.2. The second-order valence-electron chi connectivity index (χ2n) is 4.97. The smallest absolute Gasteiger partial charge is 0.196 e. The molecule has 0 saturated heterocycles. The van der Waals surface area contributed by atoms with Crippen LogP contribution in [0, 0.1) is 11.7 Å². The van der Waals surface area contributed by atoms with E-state index in [9.17, 15) is 4.39 Å². The van der Waals surface area contributed by atoms with Gasteiger partial charge in [0.15, 0.2) is 11.7 Å². The van der Waals surface area contributed by atoms with E-state index in [-0.39, 0.29) is 5.82 Å². The minimum absolute atomic E-state index is 0.249. The summed E-state index contributed by atoms with van der Waals surface area (Å²) in [6, 6.07) is 6.22. The van der Waals surface area contributed by atoms with Gasteiger partial charge in [0.1, 0.15) is 5.82 Å². The number of halogens is 1.